The molecule has 3 rings (SSSR count). The largest absolute Gasteiger partial charge is 0.541 e. The number of nitrogens with one attached hydrogen (secondary N) is 1. The van der Waals surface area contributed by atoms with Gasteiger partial charge >= 0.3 is 7.75 Å². The van der Waals surface area contributed by atoms with Gasteiger partial charge in [-0.2, -0.15) is 0 Å². The van der Waals surface area contributed by atoms with E-state index in [2.05, 4.69) is 5.09 Å². The van der Waals surface area contributed by atoms with Crippen LogP contribution in [0.3, 0.4) is 0 Å². The van der Waals surface area contributed by atoms with E-state index in [9.17, 15) is 8.96 Å². The van der Waals surface area contributed by atoms with Crippen LogP contribution in [0.15, 0.2) is 60.7 Å². The van der Waals surface area contributed by atoms with E-state index in [1.165, 1.54) is 18.2 Å². The maximum atomic E-state index is 13.7. The maximum Gasteiger partial charge on any atom is 0.541 e. The van der Waals surface area contributed by atoms with Gasteiger partial charge in [-0.3, -0.25) is 5.09 Å². The highest BCUT2D eigenvalue weighted by atomic mass is 31.2. The predicted molar refractivity (Wildman–Crippen MR) is 111 cm³/mol. The van der Waals surface area contributed by atoms with Gasteiger partial charge in [0.05, 0.1) is 0 Å². The molecule has 0 aromatic heterocycles. The van der Waals surface area contributed by atoms with Crippen molar-refractivity contribution in [3.8, 4) is 11.5 Å². The van der Waals surface area contributed by atoms with Crippen LogP contribution in [0, 0.1) is 33.5 Å². The minimum absolute atomic E-state index is 0.305. The summed E-state index contributed by atoms with van der Waals surface area (Å²) in [6.07, 6.45) is 0. The Morgan fingerprint density at radius 2 is 1.29 bits per heavy atom. The first kappa shape index (κ1) is 20.0. The summed E-state index contributed by atoms with van der Waals surface area (Å²) >= 11 is 0. The highest BCUT2D eigenvalue weighted by Gasteiger charge is 2.30. The summed E-state index contributed by atoms with van der Waals surface area (Å²) in [4.78, 5) is 0. The summed E-state index contributed by atoms with van der Waals surface area (Å²) in [5, 5.41) is 2.76. The van der Waals surface area contributed by atoms with Crippen molar-refractivity contribution in [3.05, 3.63) is 88.7 Å². The molecule has 0 aliphatic carbocycles. The minimum Gasteiger partial charge on any atom is -0.400 e. The lowest BCUT2D eigenvalue weighted by molar-refractivity contribution is 0.390. The normalized spacial score (nSPS) is 11.2. The van der Waals surface area contributed by atoms with Gasteiger partial charge in [-0.15, -0.1) is 0 Å². The quantitative estimate of drug-likeness (QED) is 0.467. The Kier molecular flexibility index (Phi) is 5.76. The average molecular weight is 399 g/mol. The fourth-order valence-corrected chi connectivity index (χ4v) is 4.18. The van der Waals surface area contributed by atoms with E-state index in [0.717, 1.165) is 22.3 Å². The number of halogens is 1. The van der Waals surface area contributed by atoms with E-state index in [1.807, 2.05) is 52.0 Å². The number of benzene rings is 3. The zero-order chi connectivity index (χ0) is 20.3. The van der Waals surface area contributed by atoms with Crippen molar-refractivity contribution in [2.45, 2.75) is 27.7 Å². The lowest BCUT2D eigenvalue weighted by atomic mass is 10.1. The Labute approximate surface area is 164 Å². The zero-order valence-corrected chi connectivity index (χ0v) is 17.2. The molecule has 0 unspecified atom stereocenters. The van der Waals surface area contributed by atoms with Gasteiger partial charge in [0, 0.05) is 5.69 Å². The molecule has 3 aromatic rings. The van der Waals surface area contributed by atoms with Crippen molar-refractivity contribution in [1.29, 1.82) is 0 Å². The zero-order valence-electron chi connectivity index (χ0n) is 16.3. The lowest BCUT2D eigenvalue weighted by Gasteiger charge is -2.23. The number of aryl methyl sites for hydroxylation is 2. The summed E-state index contributed by atoms with van der Waals surface area (Å²) in [5.74, 6) is 0.435. The van der Waals surface area contributed by atoms with E-state index in [1.54, 1.807) is 18.2 Å². The molecule has 0 heterocycles. The van der Waals surface area contributed by atoms with Gasteiger partial charge < -0.3 is 9.05 Å². The lowest BCUT2D eigenvalue weighted by Crippen LogP contribution is -2.11. The molecule has 0 bridgehead atoms. The second-order valence-electron chi connectivity index (χ2n) is 6.70. The van der Waals surface area contributed by atoms with Gasteiger partial charge in [0.1, 0.15) is 17.3 Å². The first-order valence-corrected chi connectivity index (χ1v) is 10.5. The third-order valence-electron chi connectivity index (χ3n) is 4.64. The molecule has 0 fully saturated rings. The molecular weight excluding hydrogens is 376 g/mol. The highest BCUT2D eigenvalue weighted by molar-refractivity contribution is 7.56. The number of hydrogen-bond acceptors (Lipinski definition) is 3. The van der Waals surface area contributed by atoms with Gasteiger partial charge in [0.2, 0.25) is 0 Å². The molecule has 146 valence electrons. The molecule has 0 aliphatic heterocycles. The van der Waals surface area contributed by atoms with Crippen LogP contribution in [-0.2, 0) is 4.57 Å². The van der Waals surface area contributed by atoms with Crippen LogP contribution in [0.25, 0.3) is 0 Å². The predicted octanol–water partition coefficient (Wildman–Crippen LogP) is 6.74. The second kappa shape index (κ2) is 8.07. The van der Waals surface area contributed by atoms with Gasteiger partial charge in [0.25, 0.3) is 0 Å². The third-order valence-corrected chi connectivity index (χ3v) is 6.04. The van der Waals surface area contributed by atoms with Crippen molar-refractivity contribution in [2.75, 3.05) is 5.09 Å². The van der Waals surface area contributed by atoms with E-state index in [0.29, 0.717) is 17.2 Å². The number of rotatable bonds is 6. The van der Waals surface area contributed by atoms with Crippen molar-refractivity contribution >= 4 is 13.4 Å². The van der Waals surface area contributed by atoms with Crippen LogP contribution in [0.4, 0.5) is 10.1 Å². The molecule has 1 N–H and O–H groups in total. The van der Waals surface area contributed by atoms with E-state index < -0.39 is 13.6 Å². The van der Waals surface area contributed by atoms with Gasteiger partial charge in [-0.1, -0.05) is 30.3 Å². The average Bonchev–Trinajstić information content (AvgIpc) is 2.63. The molecule has 0 atom stereocenters. The minimum atomic E-state index is -3.92. The first-order valence-electron chi connectivity index (χ1n) is 8.93. The fourth-order valence-electron chi connectivity index (χ4n) is 2.69. The number of hydrogen-bond donors (Lipinski definition) is 1. The first-order chi connectivity index (χ1) is 13.3. The Hall–Kier alpha value is -2.78. The van der Waals surface area contributed by atoms with Crippen LogP contribution in [0.2, 0.25) is 0 Å². The Balaban J connectivity index is 2.00. The molecule has 0 saturated carbocycles. The molecule has 0 amide bonds. The monoisotopic (exact) mass is 399 g/mol. The summed E-state index contributed by atoms with van der Waals surface area (Å²) in [6, 6.07) is 16.7. The second-order valence-corrected chi connectivity index (χ2v) is 8.28. The van der Waals surface area contributed by atoms with Crippen LogP contribution in [0.5, 0.6) is 11.5 Å². The van der Waals surface area contributed by atoms with Crippen molar-refractivity contribution in [2.24, 2.45) is 0 Å². The molecule has 28 heavy (non-hydrogen) atoms. The molecule has 6 heteroatoms. The van der Waals surface area contributed by atoms with E-state index in [4.69, 9.17) is 9.05 Å². The van der Waals surface area contributed by atoms with Gasteiger partial charge in [-0.05, 0) is 80.3 Å². The summed E-state index contributed by atoms with van der Waals surface area (Å²) in [6.45, 7) is 7.65. The summed E-state index contributed by atoms with van der Waals surface area (Å²) < 4.78 is 39.0. The van der Waals surface area contributed by atoms with Crippen LogP contribution < -0.4 is 14.1 Å². The topological polar surface area (TPSA) is 47.6 Å². The number of anilines is 1. The van der Waals surface area contributed by atoms with E-state index in [-0.39, 0.29) is 0 Å². The molecule has 0 spiro atoms. The highest BCUT2D eigenvalue weighted by Crippen LogP contribution is 2.50. The Morgan fingerprint density at radius 3 is 1.79 bits per heavy atom. The Morgan fingerprint density at radius 1 is 0.786 bits per heavy atom. The van der Waals surface area contributed by atoms with Crippen LogP contribution in [0.1, 0.15) is 22.3 Å². The van der Waals surface area contributed by atoms with Gasteiger partial charge in [-0.25, -0.2) is 8.96 Å². The standard InChI is InChI=1S/C22H23FNO3P/c1-15-8-5-12-21(17(15)3)26-28(25,24-20-11-7-10-19(23)14-20)27-22-13-6-9-16(2)18(22)4/h5-14H,1-4H3,(H,24,25). The van der Waals surface area contributed by atoms with E-state index >= 15 is 0 Å². The Bertz CT molecular complexity index is 994. The summed E-state index contributed by atoms with van der Waals surface area (Å²) in [7, 11) is -3.92. The molecule has 3 aromatic carbocycles. The van der Waals surface area contributed by atoms with Gasteiger partial charge in [0.15, 0.2) is 0 Å². The molecular formula is C22H23FNO3P. The van der Waals surface area contributed by atoms with Crippen LogP contribution in [-0.4, -0.2) is 0 Å². The van der Waals surface area contributed by atoms with Crippen molar-refractivity contribution in [3.63, 3.8) is 0 Å². The molecule has 4 nitrogen and oxygen atoms in total. The molecule has 0 radical (unpaired) electrons. The van der Waals surface area contributed by atoms with Crippen molar-refractivity contribution in [1.82, 2.24) is 0 Å². The van der Waals surface area contributed by atoms with Crippen LogP contribution >= 0.6 is 7.75 Å². The van der Waals surface area contributed by atoms with Crippen molar-refractivity contribution < 1.29 is 18.0 Å². The fraction of sp³-hybridized carbons (Fsp3) is 0.182. The third kappa shape index (κ3) is 4.55. The maximum absolute atomic E-state index is 13.7. The molecule has 0 aliphatic rings. The summed E-state index contributed by atoms with van der Waals surface area (Å²) in [5.41, 5.74) is 4.02. The smallest absolute Gasteiger partial charge is 0.400 e. The molecule has 0 saturated heterocycles. The SMILES string of the molecule is Cc1cccc(OP(=O)(Nc2cccc(F)c2)Oc2cccc(C)c2C)c1C.